The highest BCUT2D eigenvalue weighted by molar-refractivity contribution is 5.53. The van der Waals surface area contributed by atoms with E-state index in [4.69, 9.17) is 4.52 Å². The molecule has 0 saturated carbocycles. The molecule has 0 bridgehead atoms. The topological polar surface area (TPSA) is 59.2 Å². The second kappa shape index (κ2) is 5.31. The summed E-state index contributed by atoms with van der Waals surface area (Å²) in [5, 5.41) is 13.8. The molecule has 0 spiro atoms. The summed E-state index contributed by atoms with van der Waals surface area (Å²) in [4.78, 5) is 4.39. The third-order valence-corrected chi connectivity index (χ3v) is 3.00. The Labute approximate surface area is 107 Å². The highest BCUT2D eigenvalue weighted by Crippen LogP contribution is 2.28. The van der Waals surface area contributed by atoms with E-state index >= 15 is 0 Å². The standard InChI is InChI=1S/C14H18N2O2/c1-9(2)12(10(3)17)14-15-13(16-18-14)11-7-5-4-6-8-11/h4-10,12,17H,1-3H3. The lowest BCUT2D eigenvalue weighted by Crippen LogP contribution is -2.20. The fourth-order valence-corrected chi connectivity index (χ4v) is 2.12. The number of rotatable bonds is 4. The monoisotopic (exact) mass is 246 g/mol. The Bertz CT molecular complexity index is 484. The fraction of sp³-hybridized carbons (Fsp3) is 0.429. The predicted molar refractivity (Wildman–Crippen MR) is 69.0 cm³/mol. The van der Waals surface area contributed by atoms with Crippen LogP contribution in [0.5, 0.6) is 0 Å². The molecular formula is C14H18N2O2. The molecule has 4 heteroatoms. The van der Waals surface area contributed by atoms with Crippen molar-refractivity contribution in [2.24, 2.45) is 5.92 Å². The van der Waals surface area contributed by atoms with Gasteiger partial charge in [-0.25, -0.2) is 0 Å². The first-order valence-electron chi connectivity index (χ1n) is 6.16. The molecule has 1 aromatic carbocycles. The van der Waals surface area contributed by atoms with Crippen LogP contribution in [0.25, 0.3) is 11.4 Å². The second-order valence-corrected chi connectivity index (χ2v) is 4.83. The van der Waals surface area contributed by atoms with Gasteiger partial charge >= 0.3 is 0 Å². The smallest absolute Gasteiger partial charge is 0.232 e. The van der Waals surface area contributed by atoms with Crippen LogP contribution in [-0.4, -0.2) is 21.4 Å². The van der Waals surface area contributed by atoms with Crippen LogP contribution in [0.3, 0.4) is 0 Å². The van der Waals surface area contributed by atoms with E-state index in [9.17, 15) is 5.11 Å². The number of benzene rings is 1. The van der Waals surface area contributed by atoms with Gasteiger partial charge in [0.1, 0.15) is 0 Å². The minimum absolute atomic E-state index is 0.130. The maximum Gasteiger partial charge on any atom is 0.232 e. The zero-order chi connectivity index (χ0) is 13.1. The number of aliphatic hydroxyl groups excluding tert-OH is 1. The van der Waals surface area contributed by atoms with Gasteiger partial charge in [0.05, 0.1) is 12.0 Å². The summed E-state index contributed by atoms with van der Waals surface area (Å²) in [5.41, 5.74) is 0.917. The molecule has 2 aromatic rings. The van der Waals surface area contributed by atoms with E-state index in [2.05, 4.69) is 10.1 Å². The van der Waals surface area contributed by atoms with Crippen molar-refractivity contribution in [3.63, 3.8) is 0 Å². The van der Waals surface area contributed by atoms with Gasteiger partial charge in [-0.05, 0) is 12.8 Å². The third-order valence-electron chi connectivity index (χ3n) is 3.00. The predicted octanol–water partition coefficient (Wildman–Crippen LogP) is 2.86. The molecule has 2 rings (SSSR count). The van der Waals surface area contributed by atoms with Gasteiger partial charge in [0.2, 0.25) is 11.7 Å². The molecule has 0 amide bonds. The van der Waals surface area contributed by atoms with Crippen molar-refractivity contribution in [1.29, 1.82) is 0 Å². The molecule has 2 atom stereocenters. The molecule has 96 valence electrons. The Morgan fingerprint density at radius 2 is 1.78 bits per heavy atom. The number of aliphatic hydroxyl groups is 1. The third kappa shape index (κ3) is 2.59. The molecule has 0 aliphatic carbocycles. The summed E-state index contributed by atoms with van der Waals surface area (Å²) < 4.78 is 5.28. The zero-order valence-corrected chi connectivity index (χ0v) is 10.9. The largest absolute Gasteiger partial charge is 0.393 e. The van der Waals surface area contributed by atoms with Crippen LogP contribution in [0.15, 0.2) is 34.9 Å². The molecule has 1 aromatic heterocycles. The Kier molecular flexibility index (Phi) is 3.77. The average molecular weight is 246 g/mol. The molecule has 0 aliphatic heterocycles. The first-order chi connectivity index (χ1) is 8.59. The molecule has 1 N–H and O–H groups in total. The van der Waals surface area contributed by atoms with E-state index in [0.29, 0.717) is 11.7 Å². The van der Waals surface area contributed by atoms with Gasteiger partial charge < -0.3 is 9.63 Å². The van der Waals surface area contributed by atoms with Crippen LogP contribution in [0.1, 0.15) is 32.6 Å². The Morgan fingerprint density at radius 1 is 1.11 bits per heavy atom. The average Bonchev–Trinajstić information content (AvgIpc) is 2.78. The van der Waals surface area contributed by atoms with Crippen LogP contribution in [-0.2, 0) is 0 Å². The van der Waals surface area contributed by atoms with E-state index in [1.807, 2.05) is 44.2 Å². The van der Waals surface area contributed by atoms with E-state index < -0.39 is 6.10 Å². The van der Waals surface area contributed by atoms with E-state index in [0.717, 1.165) is 5.56 Å². The van der Waals surface area contributed by atoms with E-state index in [-0.39, 0.29) is 11.8 Å². The highest BCUT2D eigenvalue weighted by Gasteiger charge is 2.27. The van der Waals surface area contributed by atoms with Crippen LogP contribution in [0, 0.1) is 5.92 Å². The molecule has 0 radical (unpaired) electrons. The quantitative estimate of drug-likeness (QED) is 0.901. The van der Waals surface area contributed by atoms with Gasteiger partial charge in [0.15, 0.2) is 0 Å². The maximum absolute atomic E-state index is 9.79. The fourth-order valence-electron chi connectivity index (χ4n) is 2.12. The summed E-state index contributed by atoms with van der Waals surface area (Å²) in [5.74, 6) is 1.18. The lowest BCUT2D eigenvalue weighted by molar-refractivity contribution is 0.120. The number of hydrogen-bond donors (Lipinski definition) is 1. The van der Waals surface area contributed by atoms with Crippen LogP contribution in [0.4, 0.5) is 0 Å². The van der Waals surface area contributed by atoms with E-state index in [1.165, 1.54) is 0 Å². The van der Waals surface area contributed by atoms with Crippen LogP contribution >= 0.6 is 0 Å². The molecule has 0 fully saturated rings. The van der Waals surface area contributed by atoms with Crippen molar-refractivity contribution in [2.45, 2.75) is 32.8 Å². The summed E-state index contributed by atoms with van der Waals surface area (Å²) in [6.45, 7) is 5.81. The van der Waals surface area contributed by atoms with E-state index in [1.54, 1.807) is 6.92 Å². The van der Waals surface area contributed by atoms with Crippen molar-refractivity contribution in [3.8, 4) is 11.4 Å². The molecule has 1 heterocycles. The first-order valence-corrected chi connectivity index (χ1v) is 6.16. The summed E-state index contributed by atoms with van der Waals surface area (Å²) in [6.07, 6.45) is -0.505. The van der Waals surface area contributed by atoms with Crippen molar-refractivity contribution in [1.82, 2.24) is 10.1 Å². The normalized spacial score (nSPS) is 14.7. The Hall–Kier alpha value is -1.68. The number of aromatic nitrogens is 2. The summed E-state index contributed by atoms with van der Waals surface area (Å²) in [6, 6.07) is 9.67. The van der Waals surface area contributed by atoms with Crippen molar-refractivity contribution in [2.75, 3.05) is 0 Å². The van der Waals surface area contributed by atoms with Crippen molar-refractivity contribution < 1.29 is 9.63 Å². The highest BCUT2D eigenvalue weighted by atomic mass is 16.5. The molecular weight excluding hydrogens is 228 g/mol. The second-order valence-electron chi connectivity index (χ2n) is 4.83. The molecule has 2 unspecified atom stereocenters. The molecule has 0 aliphatic rings. The van der Waals surface area contributed by atoms with Crippen molar-refractivity contribution in [3.05, 3.63) is 36.2 Å². The van der Waals surface area contributed by atoms with Gasteiger partial charge in [-0.3, -0.25) is 0 Å². The lowest BCUT2D eigenvalue weighted by atomic mass is 9.91. The number of nitrogens with zero attached hydrogens (tertiary/aromatic N) is 2. The molecule has 4 nitrogen and oxygen atoms in total. The SMILES string of the molecule is CC(C)C(c1nc(-c2ccccc2)no1)C(C)O. The van der Waals surface area contributed by atoms with Gasteiger partial charge in [0.25, 0.3) is 0 Å². The van der Waals surface area contributed by atoms with Gasteiger partial charge in [-0.1, -0.05) is 49.3 Å². The summed E-state index contributed by atoms with van der Waals surface area (Å²) >= 11 is 0. The van der Waals surface area contributed by atoms with Gasteiger partial charge in [0, 0.05) is 5.56 Å². The molecule has 0 saturated heterocycles. The van der Waals surface area contributed by atoms with Gasteiger partial charge in [-0.15, -0.1) is 0 Å². The maximum atomic E-state index is 9.79. The van der Waals surface area contributed by atoms with Gasteiger partial charge in [-0.2, -0.15) is 4.98 Å². The Morgan fingerprint density at radius 3 is 2.33 bits per heavy atom. The lowest BCUT2D eigenvalue weighted by Gasteiger charge is -2.19. The number of hydrogen-bond acceptors (Lipinski definition) is 4. The first kappa shape index (κ1) is 12.8. The van der Waals surface area contributed by atoms with Crippen LogP contribution in [0.2, 0.25) is 0 Å². The van der Waals surface area contributed by atoms with Crippen LogP contribution < -0.4 is 0 Å². The minimum Gasteiger partial charge on any atom is -0.393 e. The zero-order valence-electron chi connectivity index (χ0n) is 10.9. The Balaban J connectivity index is 2.30. The summed E-state index contributed by atoms with van der Waals surface area (Å²) in [7, 11) is 0. The molecule has 18 heavy (non-hydrogen) atoms. The van der Waals surface area contributed by atoms with Crippen molar-refractivity contribution >= 4 is 0 Å². The minimum atomic E-state index is -0.505.